The molecule has 0 aliphatic carbocycles. The van der Waals surface area contributed by atoms with Crippen molar-refractivity contribution in [3.05, 3.63) is 18.5 Å². The molecule has 2 rings (SSSR count). The van der Waals surface area contributed by atoms with E-state index < -0.39 is 21.9 Å². The summed E-state index contributed by atoms with van der Waals surface area (Å²) in [5.41, 5.74) is 0. The summed E-state index contributed by atoms with van der Waals surface area (Å²) in [6.07, 6.45) is 3.54. The highest BCUT2D eigenvalue weighted by Crippen LogP contribution is 2.24. The second-order valence-corrected chi connectivity index (χ2v) is 6.14. The van der Waals surface area contributed by atoms with Crippen LogP contribution in [0.15, 0.2) is 23.4 Å². The maximum Gasteiger partial charge on any atom is 0.307 e. The molecule has 1 aromatic heterocycles. The number of sulfonamides is 1. The van der Waals surface area contributed by atoms with E-state index in [4.69, 9.17) is 5.11 Å². The Balaban J connectivity index is 2.21. The molecule has 17 heavy (non-hydrogen) atoms. The highest BCUT2D eigenvalue weighted by molar-refractivity contribution is 7.89. The first-order valence-corrected chi connectivity index (χ1v) is 6.70. The number of aromatic nitrogens is 1. The Hall–Kier alpha value is -1.34. The number of hydrogen-bond acceptors (Lipinski definition) is 3. The van der Waals surface area contributed by atoms with Gasteiger partial charge in [-0.15, -0.1) is 0 Å². The van der Waals surface area contributed by atoms with Crippen LogP contribution in [-0.4, -0.2) is 41.5 Å². The Labute approximate surface area is 99.5 Å². The summed E-state index contributed by atoms with van der Waals surface area (Å²) in [5, 5.41) is 8.85. The molecular weight excluding hydrogens is 244 g/mol. The molecule has 0 amide bonds. The van der Waals surface area contributed by atoms with Crippen LogP contribution in [-0.2, 0) is 21.9 Å². The number of rotatable bonds is 3. The molecule has 94 valence electrons. The van der Waals surface area contributed by atoms with Gasteiger partial charge in [0.2, 0.25) is 10.0 Å². The molecule has 1 unspecified atom stereocenters. The molecule has 1 fully saturated rings. The number of carboxylic acid groups (broad SMARTS) is 1. The summed E-state index contributed by atoms with van der Waals surface area (Å²) in [5.74, 6) is -1.52. The lowest BCUT2D eigenvalue weighted by Gasteiger charge is -2.14. The number of carbonyl (C=O) groups is 1. The predicted octanol–water partition coefficient (Wildman–Crippen LogP) is 0.120. The van der Waals surface area contributed by atoms with Crippen LogP contribution in [0.4, 0.5) is 0 Å². The monoisotopic (exact) mass is 258 g/mol. The third kappa shape index (κ3) is 2.20. The Morgan fingerprint density at radius 2 is 2.24 bits per heavy atom. The van der Waals surface area contributed by atoms with Gasteiger partial charge in [-0.25, -0.2) is 8.42 Å². The van der Waals surface area contributed by atoms with Crippen molar-refractivity contribution < 1.29 is 18.3 Å². The van der Waals surface area contributed by atoms with Crippen molar-refractivity contribution in [1.29, 1.82) is 0 Å². The van der Waals surface area contributed by atoms with Gasteiger partial charge in [0.15, 0.2) is 0 Å². The van der Waals surface area contributed by atoms with Gasteiger partial charge in [-0.05, 0) is 12.5 Å². The topological polar surface area (TPSA) is 79.6 Å². The molecule has 1 N–H and O–H groups in total. The largest absolute Gasteiger partial charge is 0.481 e. The zero-order valence-corrected chi connectivity index (χ0v) is 10.2. The summed E-state index contributed by atoms with van der Waals surface area (Å²) in [7, 11) is -1.80. The fraction of sp³-hybridized carbons (Fsp3) is 0.500. The van der Waals surface area contributed by atoms with Crippen molar-refractivity contribution in [2.75, 3.05) is 13.1 Å². The molecule has 1 atom stereocenters. The standard InChI is InChI=1S/C10H14N2O4S/c1-11-4-3-9(7-11)17(15,16)12-5-2-8(6-12)10(13)14/h3-4,7-8H,2,5-6H2,1H3,(H,13,14). The summed E-state index contributed by atoms with van der Waals surface area (Å²) in [4.78, 5) is 11.0. The van der Waals surface area contributed by atoms with Crippen molar-refractivity contribution in [3.8, 4) is 0 Å². The Bertz CT molecular complexity index is 534. The maximum atomic E-state index is 12.1. The number of hydrogen-bond donors (Lipinski definition) is 1. The van der Waals surface area contributed by atoms with Gasteiger partial charge in [-0.2, -0.15) is 4.31 Å². The van der Waals surface area contributed by atoms with E-state index in [0.717, 1.165) is 0 Å². The molecule has 0 bridgehead atoms. The molecule has 1 saturated heterocycles. The smallest absolute Gasteiger partial charge is 0.307 e. The molecular formula is C10H14N2O4S. The number of aryl methyl sites for hydroxylation is 1. The van der Waals surface area contributed by atoms with Gasteiger partial charge in [-0.1, -0.05) is 0 Å². The normalized spacial score (nSPS) is 21.8. The third-order valence-corrected chi connectivity index (χ3v) is 4.79. The third-order valence-electron chi connectivity index (χ3n) is 2.94. The van der Waals surface area contributed by atoms with Crippen LogP contribution in [0.5, 0.6) is 0 Å². The van der Waals surface area contributed by atoms with Crippen LogP contribution in [0.2, 0.25) is 0 Å². The minimum atomic E-state index is -3.54. The van der Waals surface area contributed by atoms with Crippen molar-refractivity contribution >= 4 is 16.0 Å². The van der Waals surface area contributed by atoms with Crippen molar-refractivity contribution in [1.82, 2.24) is 8.87 Å². The summed E-state index contributed by atoms with van der Waals surface area (Å²) < 4.78 is 27.2. The van der Waals surface area contributed by atoms with E-state index in [1.165, 1.54) is 16.6 Å². The highest BCUT2D eigenvalue weighted by atomic mass is 32.2. The molecule has 0 radical (unpaired) electrons. The van der Waals surface area contributed by atoms with E-state index in [1.807, 2.05) is 0 Å². The van der Waals surface area contributed by atoms with Gasteiger partial charge in [0.25, 0.3) is 0 Å². The second-order valence-electron chi connectivity index (χ2n) is 4.20. The van der Waals surface area contributed by atoms with Crippen LogP contribution in [0.25, 0.3) is 0 Å². The van der Waals surface area contributed by atoms with Gasteiger partial charge in [0.05, 0.1) is 10.8 Å². The van der Waals surface area contributed by atoms with E-state index in [9.17, 15) is 13.2 Å². The lowest BCUT2D eigenvalue weighted by atomic mass is 10.1. The van der Waals surface area contributed by atoms with E-state index in [1.54, 1.807) is 17.8 Å². The van der Waals surface area contributed by atoms with E-state index in [0.29, 0.717) is 6.42 Å². The SMILES string of the molecule is Cn1ccc(S(=O)(=O)N2CCC(C(=O)O)C2)c1. The highest BCUT2D eigenvalue weighted by Gasteiger charge is 2.35. The number of nitrogens with zero attached hydrogens (tertiary/aromatic N) is 2. The average molecular weight is 258 g/mol. The lowest BCUT2D eigenvalue weighted by molar-refractivity contribution is -0.141. The van der Waals surface area contributed by atoms with Crippen molar-refractivity contribution in [3.63, 3.8) is 0 Å². The zero-order valence-electron chi connectivity index (χ0n) is 9.41. The van der Waals surface area contributed by atoms with Crippen LogP contribution in [0.3, 0.4) is 0 Å². The Kier molecular flexibility index (Phi) is 2.96. The Morgan fingerprint density at radius 1 is 1.53 bits per heavy atom. The molecule has 2 heterocycles. The fourth-order valence-corrected chi connectivity index (χ4v) is 3.48. The van der Waals surface area contributed by atoms with Crippen LogP contribution < -0.4 is 0 Å². The van der Waals surface area contributed by atoms with Crippen LogP contribution >= 0.6 is 0 Å². The molecule has 0 spiro atoms. The van der Waals surface area contributed by atoms with Crippen molar-refractivity contribution in [2.24, 2.45) is 13.0 Å². The molecule has 0 aromatic carbocycles. The summed E-state index contributed by atoms with van der Waals surface area (Å²) in [6, 6.07) is 1.52. The van der Waals surface area contributed by atoms with Gasteiger partial charge < -0.3 is 9.67 Å². The van der Waals surface area contributed by atoms with E-state index in [2.05, 4.69) is 0 Å². The lowest BCUT2D eigenvalue weighted by Crippen LogP contribution is -2.29. The van der Waals surface area contributed by atoms with Crippen molar-refractivity contribution in [2.45, 2.75) is 11.3 Å². The summed E-state index contributed by atoms with van der Waals surface area (Å²) in [6.45, 7) is 0.334. The fourth-order valence-electron chi connectivity index (χ4n) is 1.93. The molecule has 1 aliphatic heterocycles. The van der Waals surface area contributed by atoms with Gasteiger partial charge >= 0.3 is 5.97 Å². The first kappa shape index (κ1) is 12.1. The predicted molar refractivity (Wildman–Crippen MR) is 59.9 cm³/mol. The second kappa shape index (κ2) is 4.15. The average Bonchev–Trinajstić information content (AvgIpc) is 2.85. The molecule has 6 nitrogen and oxygen atoms in total. The summed E-state index contributed by atoms with van der Waals surface area (Å²) >= 11 is 0. The van der Waals surface area contributed by atoms with Crippen LogP contribution in [0, 0.1) is 5.92 Å². The van der Waals surface area contributed by atoms with Gasteiger partial charge in [0, 0.05) is 32.5 Å². The number of aliphatic carboxylic acids is 1. The molecule has 7 heteroatoms. The molecule has 0 saturated carbocycles. The Morgan fingerprint density at radius 3 is 2.71 bits per heavy atom. The minimum absolute atomic E-state index is 0.0621. The first-order chi connectivity index (χ1) is 7.91. The first-order valence-electron chi connectivity index (χ1n) is 5.26. The maximum absolute atomic E-state index is 12.1. The quantitative estimate of drug-likeness (QED) is 0.835. The zero-order chi connectivity index (χ0) is 12.6. The van der Waals surface area contributed by atoms with E-state index in [-0.39, 0.29) is 18.0 Å². The van der Waals surface area contributed by atoms with Gasteiger partial charge in [-0.3, -0.25) is 4.79 Å². The molecule has 1 aromatic rings. The van der Waals surface area contributed by atoms with Crippen LogP contribution in [0.1, 0.15) is 6.42 Å². The minimum Gasteiger partial charge on any atom is -0.481 e. The molecule has 1 aliphatic rings. The number of carboxylic acids is 1. The van der Waals surface area contributed by atoms with E-state index >= 15 is 0 Å². The van der Waals surface area contributed by atoms with Gasteiger partial charge in [0.1, 0.15) is 0 Å².